The van der Waals surface area contributed by atoms with E-state index in [9.17, 15) is 0 Å². The molecule has 20 aromatic rings. The molecule has 10 heterocycles. The van der Waals surface area contributed by atoms with E-state index in [-0.39, 0.29) is 0 Å². The number of aryl methyl sites for hydroxylation is 10. The molecule has 0 fully saturated rings. The summed E-state index contributed by atoms with van der Waals surface area (Å²) in [5.41, 5.74) is 17.5. The second-order valence-electron chi connectivity index (χ2n) is 26.8. The van der Waals surface area contributed by atoms with Gasteiger partial charge in [0.25, 0.3) is 0 Å². The average Bonchev–Trinajstić information content (AvgIpc) is 0.837. The molecule has 0 atom stereocenters. The molecule has 10 heteroatoms. The zero-order valence-electron chi connectivity index (χ0n) is 84.1. The minimum atomic E-state index is 1.07. The average molecular weight is 1730 g/mol. The molecule has 0 aliphatic heterocycles. The molecule has 0 unspecified atom stereocenters. The SMILES string of the molecule is CC.CC.CC.CC.CC.CC.CC.CC.CC.CC.Cc1cc2ccccc2cn1.Cc1ccc2ccccc2n1.Cc1ccc2cccnc2c1.Cc1ccc2ccncc2c1.Cc1ccc2cnccc2c1.Cc1ccc2ncccc2c1.Cc1ccnc2ccccc12.Cc1cnc2ccccc2c1.Cc1cncc2ccccc12.Cc1nccc2ccccc12. The van der Waals surface area contributed by atoms with Gasteiger partial charge in [-0.25, -0.2) is 0 Å². The van der Waals surface area contributed by atoms with Crippen LogP contribution in [0, 0.1) is 69.2 Å². The number of rotatable bonds is 0. The maximum absolute atomic E-state index is 4.38. The molecule has 0 spiro atoms. The van der Waals surface area contributed by atoms with Gasteiger partial charge in [-0.05, 0) is 215 Å². The zero-order chi connectivity index (χ0) is 96.8. The van der Waals surface area contributed by atoms with Crippen LogP contribution in [0.5, 0.6) is 0 Å². The minimum absolute atomic E-state index is 1.07. The van der Waals surface area contributed by atoms with Crippen molar-refractivity contribution in [3.8, 4) is 0 Å². The summed E-state index contributed by atoms with van der Waals surface area (Å²) in [5, 5.41) is 18.5. The maximum atomic E-state index is 4.38. The van der Waals surface area contributed by atoms with Crippen LogP contribution in [0.4, 0.5) is 0 Å². The third-order valence-electron chi connectivity index (χ3n) is 18.0. The smallest absolute Gasteiger partial charge is 0.0705 e. The molecule has 0 amide bonds. The Morgan fingerprint density at radius 3 is 1.15 bits per heavy atom. The van der Waals surface area contributed by atoms with E-state index in [4.69, 9.17) is 0 Å². The highest BCUT2D eigenvalue weighted by Crippen LogP contribution is 2.21. The molecular weight excluding hydrogens is 1580 g/mol. The summed E-state index contributed by atoms with van der Waals surface area (Å²) in [6.07, 6.45) is 22.3. The molecule has 0 radical (unpaired) electrons. The fourth-order valence-electron chi connectivity index (χ4n) is 12.1. The van der Waals surface area contributed by atoms with Gasteiger partial charge in [0, 0.05) is 145 Å². The van der Waals surface area contributed by atoms with Crippen LogP contribution in [0.3, 0.4) is 0 Å². The monoisotopic (exact) mass is 1730 g/mol. The highest BCUT2D eigenvalue weighted by molar-refractivity contribution is 5.88. The van der Waals surface area contributed by atoms with Crippen molar-refractivity contribution in [2.45, 2.75) is 208 Å². The normalized spacial score (nSPS) is 9.15. The van der Waals surface area contributed by atoms with Crippen molar-refractivity contribution in [3.05, 3.63) is 422 Å². The highest BCUT2D eigenvalue weighted by atomic mass is 14.7. The van der Waals surface area contributed by atoms with E-state index in [1.165, 1.54) is 120 Å². The van der Waals surface area contributed by atoms with E-state index in [0.29, 0.717) is 0 Å². The van der Waals surface area contributed by atoms with Gasteiger partial charge in [0.15, 0.2) is 0 Å². The van der Waals surface area contributed by atoms with Crippen LogP contribution in [-0.2, 0) is 0 Å². The van der Waals surface area contributed by atoms with Gasteiger partial charge in [0.05, 0.1) is 27.6 Å². The topological polar surface area (TPSA) is 129 Å². The molecule has 10 aromatic carbocycles. The number of fused-ring (bicyclic) bond motifs is 10. The summed E-state index contributed by atoms with van der Waals surface area (Å²) < 4.78 is 0. The van der Waals surface area contributed by atoms with Gasteiger partial charge in [-0.2, -0.15) is 0 Å². The number of benzene rings is 10. The first-order valence-electron chi connectivity index (χ1n) is 46.7. The summed E-state index contributed by atoms with van der Waals surface area (Å²) in [7, 11) is 0. The molecule has 0 saturated carbocycles. The number of hydrogen-bond donors (Lipinski definition) is 0. The predicted octanol–water partition coefficient (Wildman–Crippen LogP) is 35.7. The third-order valence-corrected chi connectivity index (χ3v) is 18.0. The van der Waals surface area contributed by atoms with Crippen LogP contribution in [0.25, 0.3) is 108 Å². The Kier molecular flexibility index (Phi) is 61.9. The molecule has 130 heavy (non-hydrogen) atoms. The zero-order valence-corrected chi connectivity index (χ0v) is 84.1. The van der Waals surface area contributed by atoms with E-state index in [2.05, 4.69) is 256 Å². The van der Waals surface area contributed by atoms with Gasteiger partial charge < -0.3 is 0 Å². The lowest BCUT2D eigenvalue weighted by molar-refractivity contribution is 1.22. The lowest BCUT2D eigenvalue weighted by Gasteiger charge is -1.98. The molecule has 680 valence electrons. The van der Waals surface area contributed by atoms with E-state index in [1.54, 1.807) is 0 Å². The Hall–Kier alpha value is -13.7. The minimum Gasteiger partial charge on any atom is -0.264 e. The van der Waals surface area contributed by atoms with Crippen LogP contribution >= 0.6 is 0 Å². The second kappa shape index (κ2) is 70.4. The van der Waals surface area contributed by atoms with Crippen molar-refractivity contribution < 1.29 is 0 Å². The number of aromatic nitrogens is 10. The maximum Gasteiger partial charge on any atom is 0.0705 e. The fraction of sp³-hybridized carbons (Fsp3) is 0.250. The van der Waals surface area contributed by atoms with Crippen molar-refractivity contribution in [1.29, 1.82) is 0 Å². The van der Waals surface area contributed by atoms with Crippen molar-refractivity contribution in [2.24, 2.45) is 0 Å². The van der Waals surface area contributed by atoms with E-state index >= 15 is 0 Å². The van der Waals surface area contributed by atoms with Gasteiger partial charge >= 0.3 is 0 Å². The van der Waals surface area contributed by atoms with Crippen molar-refractivity contribution in [3.63, 3.8) is 0 Å². The Labute approximate surface area is 782 Å². The molecule has 10 aromatic heterocycles. The van der Waals surface area contributed by atoms with Gasteiger partial charge in [-0.1, -0.05) is 349 Å². The van der Waals surface area contributed by atoms with Gasteiger partial charge in [0.1, 0.15) is 0 Å². The molecule has 10 nitrogen and oxygen atoms in total. The summed E-state index contributed by atoms with van der Waals surface area (Å²) in [6, 6.07) is 99.1. The Morgan fingerprint density at radius 2 is 0.546 bits per heavy atom. The van der Waals surface area contributed by atoms with E-state index < -0.39 is 0 Å². The highest BCUT2D eigenvalue weighted by Gasteiger charge is 2.00. The quantitative estimate of drug-likeness (QED) is 0.145. The van der Waals surface area contributed by atoms with Crippen molar-refractivity contribution >= 4 is 108 Å². The molecule has 0 aliphatic rings. The summed E-state index contributed by atoms with van der Waals surface area (Å²) >= 11 is 0. The fourth-order valence-corrected chi connectivity index (χ4v) is 12.1. The van der Waals surface area contributed by atoms with E-state index in [1.807, 2.05) is 367 Å². The van der Waals surface area contributed by atoms with Crippen LogP contribution in [0.1, 0.15) is 195 Å². The number of hydrogen-bond acceptors (Lipinski definition) is 10. The Morgan fingerprint density at radius 1 is 0.162 bits per heavy atom. The first-order chi connectivity index (χ1) is 63.7. The van der Waals surface area contributed by atoms with Crippen molar-refractivity contribution in [1.82, 2.24) is 49.8 Å². The molecular formula is C120H150N10. The lowest BCUT2D eigenvalue weighted by atomic mass is 10.1. The van der Waals surface area contributed by atoms with Gasteiger partial charge in [0.2, 0.25) is 0 Å². The van der Waals surface area contributed by atoms with Crippen LogP contribution in [0.2, 0.25) is 0 Å². The predicted molar refractivity (Wildman–Crippen MR) is 578 cm³/mol. The molecule has 20 rings (SSSR count). The molecule has 0 bridgehead atoms. The van der Waals surface area contributed by atoms with Gasteiger partial charge in [-0.15, -0.1) is 0 Å². The second-order valence-corrected chi connectivity index (χ2v) is 26.8. The standard InChI is InChI=1S/10C10H9N.10C2H6/c1-8-2-3-10-7-11-5-4-9(10)6-8;1-8-2-3-9-4-5-11-7-10(9)6-8;1-8-4-5-10-9(7-8)3-2-6-11-10;1-8-4-5-9-3-2-6-11-10(9)7-8;1-8-6-11-7-9-4-2-3-5-10(8)9;1-8-6-9-4-2-3-5-10(9)7-11-8;1-8-6-9-4-2-3-5-10(9)11-7-8;1-8-10-5-3-2-4-9(10)6-7-11-8;1-8-6-7-11-10-5-3-2-4-9(8)10;1-8-6-7-9-4-2-3-5-10(9)11-8;10*1-2/h10*2-7H,1H3;10*1-2H3. The lowest BCUT2D eigenvalue weighted by Crippen LogP contribution is -1.80. The third kappa shape index (κ3) is 40.9. The van der Waals surface area contributed by atoms with Crippen LogP contribution < -0.4 is 0 Å². The Balaban J connectivity index is 0.000000706. The first kappa shape index (κ1) is 114. The molecule has 0 saturated heterocycles. The largest absolute Gasteiger partial charge is 0.264 e. The number of pyridine rings is 10. The summed E-state index contributed by atoms with van der Waals surface area (Å²) in [5.74, 6) is 0. The Bertz CT molecular complexity index is 5380. The molecule has 0 N–H and O–H groups in total. The van der Waals surface area contributed by atoms with Gasteiger partial charge in [-0.3, -0.25) is 49.8 Å². The number of nitrogens with zero attached hydrogens (tertiary/aromatic N) is 10. The van der Waals surface area contributed by atoms with Crippen LogP contribution in [0.15, 0.2) is 366 Å². The van der Waals surface area contributed by atoms with E-state index in [0.717, 1.165) is 44.7 Å². The first-order valence-corrected chi connectivity index (χ1v) is 46.7. The summed E-state index contributed by atoms with van der Waals surface area (Å²) in [6.45, 7) is 60.6. The summed E-state index contributed by atoms with van der Waals surface area (Å²) in [4.78, 5) is 42.0. The molecule has 0 aliphatic carbocycles. The number of para-hydroxylation sites is 3. The van der Waals surface area contributed by atoms with Crippen LogP contribution in [-0.4, -0.2) is 49.8 Å². The van der Waals surface area contributed by atoms with Crippen molar-refractivity contribution in [2.75, 3.05) is 0 Å².